The summed E-state index contributed by atoms with van der Waals surface area (Å²) in [5, 5.41) is 18.9. The molecule has 0 atom stereocenters. The van der Waals surface area contributed by atoms with Gasteiger partial charge in [-0.2, -0.15) is 5.26 Å². The first kappa shape index (κ1) is 10.2. The number of aromatic nitrogens is 2. The number of hydrogen-bond donors (Lipinski definition) is 0. The monoisotopic (exact) mass is 194 g/mol. The SMILES string of the molecule is CCc1c([N+](=O)[O-])ncn1CCC#N. The Balaban J connectivity index is 2.96. The summed E-state index contributed by atoms with van der Waals surface area (Å²) in [7, 11) is 0. The predicted molar refractivity (Wildman–Crippen MR) is 48.5 cm³/mol. The molecule has 6 nitrogen and oxygen atoms in total. The molecule has 74 valence electrons. The molecule has 1 aromatic heterocycles. The van der Waals surface area contributed by atoms with E-state index < -0.39 is 4.92 Å². The van der Waals surface area contributed by atoms with Crippen molar-refractivity contribution in [2.75, 3.05) is 0 Å². The van der Waals surface area contributed by atoms with E-state index in [9.17, 15) is 10.1 Å². The van der Waals surface area contributed by atoms with Gasteiger partial charge in [0.25, 0.3) is 0 Å². The second-order valence-corrected chi connectivity index (χ2v) is 2.73. The fraction of sp³-hybridized carbons (Fsp3) is 0.500. The van der Waals surface area contributed by atoms with Gasteiger partial charge in [-0.15, -0.1) is 0 Å². The van der Waals surface area contributed by atoms with Crippen molar-refractivity contribution in [3.05, 3.63) is 22.1 Å². The molecule has 1 heterocycles. The second-order valence-electron chi connectivity index (χ2n) is 2.73. The zero-order chi connectivity index (χ0) is 10.6. The molecule has 0 radical (unpaired) electrons. The van der Waals surface area contributed by atoms with Crippen molar-refractivity contribution in [3.8, 4) is 6.07 Å². The molecule has 0 fully saturated rings. The molecule has 0 amide bonds. The highest BCUT2D eigenvalue weighted by Crippen LogP contribution is 2.16. The first-order valence-corrected chi connectivity index (χ1v) is 4.26. The first-order valence-electron chi connectivity index (χ1n) is 4.26. The molecule has 0 spiro atoms. The average Bonchev–Trinajstić information content (AvgIpc) is 2.57. The van der Waals surface area contributed by atoms with E-state index in [2.05, 4.69) is 4.98 Å². The lowest BCUT2D eigenvalue weighted by Crippen LogP contribution is -2.02. The Hall–Kier alpha value is -1.90. The van der Waals surface area contributed by atoms with Crippen LogP contribution >= 0.6 is 0 Å². The van der Waals surface area contributed by atoms with E-state index in [0.29, 0.717) is 25.1 Å². The van der Waals surface area contributed by atoms with Gasteiger partial charge in [-0.05, 0) is 16.3 Å². The molecule has 14 heavy (non-hydrogen) atoms. The molecule has 0 N–H and O–H groups in total. The average molecular weight is 194 g/mol. The van der Waals surface area contributed by atoms with Gasteiger partial charge in [0.05, 0.1) is 12.5 Å². The molecule has 0 saturated carbocycles. The van der Waals surface area contributed by atoms with Gasteiger partial charge in [-0.3, -0.25) is 0 Å². The fourth-order valence-corrected chi connectivity index (χ4v) is 1.27. The number of imidazole rings is 1. The van der Waals surface area contributed by atoms with Crippen molar-refractivity contribution < 1.29 is 4.92 Å². The summed E-state index contributed by atoms with van der Waals surface area (Å²) in [6.45, 7) is 2.29. The number of aryl methyl sites for hydroxylation is 1. The van der Waals surface area contributed by atoms with Crippen LogP contribution in [0, 0.1) is 21.4 Å². The van der Waals surface area contributed by atoms with Gasteiger partial charge >= 0.3 is 5.82 Å². The molecule has 0 aliphatic rings. The van der Waals surface area contributed by atoms with E-state index in [4.69, 9.17) is 5.26 Å². The second kappa shape index (κ2) is 4.37. The zero-order valence-electron chi connectivity index (χ0n) is 7.80. The van der Waals surface area contributed by atoms with E-state index >= 15 is 0 Å². The van der Waals surface area contributed by atoms with Crippen molar-refractivity contribution in [3.63, 3.8) is 0 Å². The quantitative estimate of drug-likeness (QED) is 0.533. The van der Waals surface area contributed by atoms with Crippen LogP contribution < -0.4 is 0 Å². The number of nitro groups is 1. The van der Waals surface area contributed by atoms with Gasteiger partial charge in [-0.1, -0.05) is 6.92 Å². The van der Waals surface area contributed by atoms with Gasteiger partial charge in [0.1, 0.15) is 5.69 Å². The van der Waals surface area contributed by atoms with Crippen LogP contribution in [0.3, 0.4) is 0 Å². The highest BCUT2D eigenvalue weighted by molar-refractivity contribution is 5.26. The van der Waals surface area contributed by atoms with Crippen molar-refractivity contribution in [1.82, 2.24) is 9.55 Å². The van der Waals surface area contributed by atoms with Gasteiger partial charge < -0.3 is 14.7 Å². The molecule has 6 heteroatoms. The lowest BCUT2D eigenvalue weighted by molar-refractivity contribution is -0.390. The molecule has 1 aromatic rings. The van der Waals surface area contributed by atoms with Gasteiger partial charge in [-0.25, -0.2) is 0 Å². The van der Waals surface area contributed by atoms with Crippen LogP contribution in [0.1, 0.15) is 19.0 Å². The van der Waals surface area contributed by atoms with E-state index in [0.717, 1.165) is 0 Å². The maximum atomic E-state index is 10.5. The third kappa shape index (κ3) is 1.88. The van der Waals surface area contributed by atoms with Crippen molar-refractivity contribution in [2.45, 2.75) is 26.3 Å². The van der Waals surface area contributed by atoms with Crippen LogP contribution in [-0.2, 0) is 13.0 Å². The molecule has 0 aliphatic heterocycles. The van der Waals surface area contributed by atoms with Crippen molar-refractivity contribution >= 4 is 5.82 Å². The van der Waals surface area contributed by atoms with Crippen molar-refractivity contribution in [1.29, 1.82) is 5.26 Å². The minimum Gasteiger partial charge on any atom is -0.358 e. The van der Waals surface area contributed by atoms with Crippen LogP contribution in [-0.4, -0.2) is 14.5 Å². The minimum absolute atomic E-state index is 0.106. The molecule has 0 aliphatic carbocycles. The van der Waals surface area contributed by atoms with Crippen LogP contribution in [0.2, 0.25) is 0 Å². The Morgan fingerprint density at radius 2 is 2.50 bits per heavy atom. The van der Waals surface area contributed by atoms with Crippen LogP contribution in [0.25, 0.3) is 0 Å². The maximum Gasteiger partial charge on any atom is 0.384 e. The molecular formula is C8H10N4O2. The lowest BCUT2D eigenvalue weighted by Gasteiger charge is -2.00. The summed E-state index contributed by atoms with van der Waals surface area (Å²) in [6, 6.07) is 1.99. The largest absolute Gasteiger partial charge is 0.384 e. The Bertz CT molecular complexity index is 377. The van der Waals surface area contributed by atoms with E-state index in [1.807, 2.05) is 13.0 Å². The molecule has 1 rings (SSSR count). The highest BCUT2D eigenvalue weighted by atomic mass is 16.6. The Morgan fingerprint density at radius 3 is 3.00 bits per heavy atom. The summed E-state index contributed by atoms with van der Waals surface area (Å²) in [5.74, 6) is -0.106. The smallest absolute Gasteiger partial charge is 0.358 e. The first-order chi connectivity index (χ1) is 6.70. The molecule has 0 aromatic carbocycles. The molecule has 0 unspecified atom stereocenters. The third-order valence-electron chi connectivity index (χ3n) is 1.90. The minimum atomic E-state index is -0.498. The lowest BCUT2D eigenvalue weighted by atomic mass is 10.3. The fourth-order valence-electron chi connectivity index (χ4n) is 1.27. The number of hydrogen-bond acceptors (Lipinski definition) is 4. The molecule has 0 bridgehead atoms. The summed E-state index contributed by atoms with van der Waals surface area (Å²) < 4.78 is 1.65. The number of rotatable bonds is 4. The van der Waals surface area contributed by atoms with Gasteiger partial charge in [0.15, 0.2) is 0 Å². The number of nitriles is 1. The van der Waals surface area contributed by atoms with Crippen LogP contribution in [0.4, 0.5) is 5.82 Å². The van der Waals surface area contributed by atoms with Gasteiger partial charge in [0, 0.05) is 6.54 Å². The van der Waals surface area contributed by atoms with E-state index in [-0.39, 0.29) is 5.82 Å². The predicted octanol–water partition coefficient (Wildman–Crippen LogP) is 1.27. The van der Waals surface area contributed by atoms with E-state index in [1.165, 1.54) is 6.33 Å². The molecular weight excluding hydrogens is 184 g/mol. The van der Waals surface area contributed by atoms with Crippen molar-refractivity contribution in [2.24, 2.45) is 0 Å². The Kier molecular flexibility index (Phi) is 3.18. The maximum absolute atomic E-state index is 10.5. The molecule has 0 saturated heterocycles. The Morgan fingerprint density at radius 1 is 1.79 bits per heavy atom. The summed E-state index contributed by atoms with van der Waals surface area (Å²) >= 11 is 0. The normalized spacial score (nSPS) is 9.71. The summed E-state index contributed by atoms with van der Waals surface area (Å²) in [5.41, 5.74) is 0.574. The Labute approximate surface area is 80.9 Å². The third-order valence-corrected chi connectivity index (χ3v) is 1.90. The zero-order valence-corrected chi connectivity index (χ0v) is 7.80. The highest BCUT2D eigenvalue weighted by Gasteiger charge is 2.18. The summed E-state index contributed by atoms with van der Waals surface area (Å²) in [4.78, 5) is 13.7. The van der Waals surface area contributed by atoms with Crippen LogP contribution in [0.5, 0.6) is 0 Å². The standard InChI is InChI=1S/C8H10N4O2/c1-2-7-8(12(13)14)10-6-11(7)5-3-4-9/h6H,2-3,5H2,1H3. The van der Waals surface area contributed by atoms with Crippen LogP contribution in [0.15, 0.2) is 6.33 Å². The van der Waals surface area contributed by atoms with Gasteiger partial charge in [0.2, 0.25) is 6.33 Å². The van der Waals surface area contributed by atoms with E-state index in [1.54, 1.807) is 4.57 Å². The number of nitrogens with zero attached hydrogens (tertiary/aromatic N) is 4. The topological polar surface area (TPSA) is 84.8 Å². The summed E-state index contributed by atoms with van der Waals surface area (Å²) in [6.07, 6.45) is 2.29.